The van der Waals surface area contributed by atoms with Crippen LogP contribution in [0.4, 0.5) is 4.79 Å². The second-order valence-electron chi connectivity index (χ2n) is 7.09. The van der Waals surface area contributed by atoms with E-state index in [-0.39, 0.29) is 23.9 Å². The summed E-state index contributed by atoms with van der Waals surface area (Å²) in [6, 6.07) is 2.78. The van der Waals surface area contributed by atoms with E-state index >= 15 is 0 Å². The first-order valence-corrected chi connectivity index (χ1v) is 9.33. The summed E-state index contributed by atoms with van der Waals surface area (Å²) < 4.78 is 5.15. The Morgan fingerprint density at radius 2 is 1.92 bits per heavy atom. The lowest BCUT2D eigenvalue weighted by molar-refractivity contribution is -0.917. The molecule has 1 atom stereocenters. The van der Waals surface area contributed by atoms with E-state index in [9.17, 15) is 14.4 Å². The molecule has 0 spiro atoms. The molecule has 26 heavy (non-hydrogen) atoms. The van der Waals surface area contributed by atoms with Gasteiger partial charge in [0.2, 0.25) is 0 Å². The number of nitrogens with zero attached hydrogens (tertiary/aromatic N) is 1. The van der Waals surface area contributed by atoms with Crippen LogP contribution in [0.15, 0.2) is 22.8 Å². The van der Waals surface area contributed by atoms with Crippen LogP contribution in [0.5, 0.6) is 0 Å². The van der Waals surface area contributed by atoms with Gasteiger partial charge in [-0.25, -0.2) is 4.79 Å². The van der Waals surface area contributed by atoms with Crippen molar-refractivity contribution >= 4 is 17.8 Å². The van der Waals surface area contributed by atoms with Gasteiger partial charge in [0.15, 0.2) is 11.8 Å². The van der Waals surface area contributed by atoms with Crippen LogP contribution in [0.3, 0.4) is 0 Å². The van der Waals surface area contributed by atoms with Crippen LogP contribution in [0.2, 0.25) is 0 Å². The summed E-state index contributed by atoms with van der Waals surface area (Å²) in [5.41, 5.74) is 0. The molecule has 4 amide bonds. The van der Waals surface area contributed by atoms with Crippen molar-refractivity contribution in [3.8, 4) is 0 Å². The van der Waals surface area contributed by atoms with Gasteiger partial charge in [-0.3, -0.25) is 14.9 Å². The quantitative estimate of drug-likeness (QED) is 0.689. The number of imide groups is 1. The normalized spacial score (nSPS) is 20.0. The lowest BCUT2D eigenvalue weighted by Gasteiger charge is -2.34. The monoisotopic (exact) mass is 363 g/mol. The summed E-state index contributed by atoms with van der Waals surface area (Å²) in [5.74, 6) is -0.0637. The highest BCUT2D eigenvalue weighted by Gasteiger charge is 2.32. The Balaban J connectivity index is 1.43. The predicted octanol–water partition coefficient (Wildman–Crippen LogP) is -0.223. The van der Waals surface area contributed by atoms with Crippen LogP contribution in [0, 0.1) is 0 Å². The largest absolute Gasteiger partial charge is 0.459 e. The second kappa shape index (κ2) is 8.35. The molecule has 8 nitrogen and oxygen atoms in total. The zero-order valence-corrected chi connectivity index (χ0v) is 15.1. The third-order valence-electron chi connectivity index (χ3n) is 5.36. The molecule has 1 aliphatic carbocycles. The number of quaternary nitrogens is 1. The van der Waals surface area contributed by atoms with Gasteiger partial charge in [0.25, 0.3) is 11.8 Å². The van der Waals surface area contributed by atoms with Crippen LogP contribution in [-0.2, 0) is 4.79 Å². The molecular weight excluding hydrogens is 336 g/mol. The summed E-state index contributed by atoms with van der Waals surface area (Å²) in [6.45, 7) is 4.25. The lowest BCUT2D eigenvalue weighted by atomic mass is 10.2. The molecule has 142 valence electrons. The van der Waals surface area contributed by atoms with Crippen LogP contribution in [-0.4, -0.2) is 61.0 Å². The molecule has 1 saturated carbocycles. The zero-order valence-electron chi connectivity index (χ0n) is 15.1. The smallest absolute Gasteiger partial charge is 0.321 e. The Hall–Kier alpha value is -2.35. The number of amides is 4. The number of urea groups is 1. The Morgan fingerprint density at radius 1 is 1.23 bits per heavy atom. The molecular formula is C18H27N4O4+. The van der Waals surface area contributed by atoms with Crippen molar-refractivity contribution in [2.24, 2.45) is 0 Å². The van der Waals surface area contributed by atoms with E-state index in [0.29, 0.717) is 31.9 Å². The number of hydrogen-bond acceptors (Lipinski definition) is 4. The summed E-state index contributed by atoms with van der Waals surface area (Å²) in [6.07, 6.45) is 5.70. The van der Waals surface area contributed by atoms with E-state index in [1.165, 1.54) is 6.26 Å². The molecule has 1 aliphatic heterocycles. The fraction of sp³-hybridized carbons (Fsp3) is 0.611. The van der Waals surface area contributed by atoms with E-state index < -0.39 is 6.03 Å². The molecule has 0 aromatic carbocycles. The van der Waals surface area contributed by atoms with Gasteiger partial charge < -0.3 is 19.5 Å². The molecule has 2 heterocycles. The molecule has 3 N–H and O–H groups in total. The van der Waals surface area contributed by atoms with Crippen molar-refractivity contribution in [2.45, 2.75) is 44.7 Å². The number of rotatable bonds is 4. The molecule has 1 saturated heterocycles. The standard InChI is InChI=1S/C18H26N4O4/c1-13(16(23)20-18(25)19-14-5-2-3-6-14)21-8-10-22(11-9-21)17(24)15-7-4-12-26-15/h4,7,12-14H,2-3,5-6,8-11H2,1H3,(H2,19,20,23,25)/p+1/t13-/m0/s1. The number of piperazine rings is 1. The minimum Gasteiger partial charge on any atom is -0.459 e. The highest BCUT2D eigenvalue weighted by Crippen LogP contribution is 2.17. The summed E-state index contributed by atoms with van der Waals surface area (Å²) in [5, 5.41) is 5.32. The lowest BCUT2D eigenvalue weighted by Crippen LogP contribution is -3.19. The molecule has 8 heteroatoms. The maximum atomic E-state index is 12.3. The molecule has 1 aromatic heterocycles. The van der Waals surface area contributed by atoms with Crippen molar-refractivity contribution in [3.05, 3.63) is 24.2 Å². The zero-order chi connectivity index (χ0) is 18.5. The van der Waals surface area contributed by atoms with E-state index in [1.807, 2.05) is 6.92 Å². The molecule has 0 unspecified atom stereocenters. The fourth-order valence-electron chi connectivity index (χ4n) is 3.68. The average molecular weight is 363 g/mol. The summed E-state index contributed by atoms with van der Waals surface area (Å²) >= 11 is 0. The first kappa shape index (κ1) is 18.4. The highest BCUT2D eigenvalue weighted by atomic mass is 16.3. The van der Waals surface area contributed by atoms with Gasteiger partial charge in [-0.05, 0) is 31.9 Å². The van der Waals surface area contributed by atoms with Gasteiger partial charge >= 0.3 is 6.03 Å². The van der Waals surface area contributed by atoms with Crippen molar-refractivity contribution in [1.29, 1.82) is 0 Å². The molecule has 0 radical (unpaired) electrons. The minimum absolute atomic E-state index is 0.123. The second-order valence-corrected chi connectivity index (χ2v) is 7.09. The number of hydrogen-bond donors (Lipinski definition) is 3. The number of furan rings is 1. The van der Waals surface area contributed by atoms with Gasteiger partial charge in [-0.1, -0.05) is 12.8 Å². The van der Waals surface area contributed by atoms with Crippen LogP contribution < -0.4 is 15.5 Å². The number of nitrogens with one attached hydrogen (secondary N) is 3. The van der Waals surface area contributed by atoms with Crippen molar-refractivity contribution < 1.29 is 23.7 Å². The summed E-state index contributed by atoms with van der Waals surface area (Å²) in [4.78, 5) is 39.4. The SMILES string of the molecule is C[C@@H](C(=O)NC(=O)NC1CCCC1)[NH+]1CCN(C(=O)c2ccco2)CC1. The predicted molar refractivity (Wildman–Crippen MR) is 93.7 cm³/mol. The number of carbonyl (C=O) groups is 3. The van der Waals surface area contributed by atoms with Crippen LogP contribution in [0.25, 0.3) is 0 Å². The van der Waals surface area contributed by atoms with E-state index in [1.54, 1.807) is 17.0 Å². The average Bonchev–Trinajstić information content (AvgIpc) is 3.34. The van der Waals surface area contributed by atoms with Crippen molar-refractivity contribution in [2.75, 3.05) is 26.2 Å². The third kappa shape index (κ3) is 4.43. The molecule has 1 aromatic rings. The van der Waals surface area contributed by atoms with Gasteiger partial charge in [0.1, 0.15) is 0 Å². The Bertz CT molecular complexity index is 632. The maximum Gasteiger partial charge on any atom is 0.321 e. The van der Waals surface area contributed by atoms with E-state index in [2.05, 4.69) is 10.6 Å². The Labute approximate surface area is 152 Å². The van der Waals surface area contributed by atoms with E-state index in [0.717, 1.165) is 30.6 Å². The van der Waals surface area contributed by atoms with E-state index in [4.69, 9.17) is 4.42 Å². The maximum absolute atomic E-state index is 12.3. The Morgan fingerprint density at radius 3 is 2.54 bits per heavy atom. The molecule has 2 aliphatic rings. The van der Waals surface area contributed by atoms with Crippen LogP contribution in [0.1, 0.15) is 43.2 Å². The molecule has 2 fully saturated rings. The first-order chi connectivity index (χ1) is 12.5. The highest BCUT2D eigenvalue weighted by molar-refractivity contribution is 5.96. The Kier molecular flexibility index (Phi) is 5.92. The first-order valence-electron chi connectivity index (χ1n) is 9.33. The third-order valence-corrected chi connectivity index (χ3v) is 5.36. The van der Waals surface area contributed by atoms with Crippen molar-refractivity contribution in [3.63, 3.8) is 0 Å². The van der Waals surface area contributed by atoms with Gasteiger partial charge in [0, 0.05) is 6.04 Å². The molecule has 0 bridgehead atoms. The van der Waals surface area contributed by atoms with Gasteiger partial charge in [0.05, 0.1) is 32.4 Å². The minimum atomic E-state index is -0.403. The van der Waals surface area contributed by atoms with Crippen molar-refractivity contribution in [1.82, 2.24) is 15.5 Å². The topological polar surface area (TPSA) is 96.1 Å². The number of carbonyl (C=O) groups excluding carboxylic acids is 3. The van der Waals surface area contributed by atoms with Gasteiger partial charge in [-0.2, -0.15) is 0 Å². The summed E-state index contributed by atoms with van der Waals surface area (Å²) in [7, 11) is 0. The fourth-order valence-corrected chi connectivity index (χ4v) is 3.68. The van der Waals surface area contributed by atoms with Gasteiger partial charge in [-0.15, -0.1) is 0 Å². The van der Waals surface area contributed by atoms with Crippen LogP contribution >= 0.6 is 0 Å². The molecule has 3 rings (SSSR count).